The van der Waals surface area contributed by atoms with E-state index in [1.807, 2.05) is 24.4 Å². The van der Waals surface area contributed by atoms with Gasteiger partial charge in [0.15, 0.2) is 6.29 Å². The molecular weight excluding hydrogens is 554 g/mol. The van der Waals surface area contributed by atoms with Crippen molar-refractivity contribution in [1.29, 1.82) is 0 Å². The Balaban J connectivity index is 0.000000279. The molecule has 42 heavy (non-hydrogen) atoms. The molecule has 1 unspecified atom stereocenters. The van der Waals surface area contributed by atoms with E-state index in [1.54, 1.807) is 20.4 Å². The summed E-state index contributed by atoms with van der Waals surface area (Å²) in [5, 5.41) is 14.2. The van der Waals surface area contributed by atoms with Crippen molar-refractivity contribution in [2.24, 2.45) is 10.7 Å². The molecule has 1 atom stereocenters. The number of nitrogens with two attached hydrogens (primary N) is 1. The van der Waals surface area contributed by atoms with Crippen molar-refractivity contribution in [1.82, 2.24) is 14.9 Å². The van der Waals surface area contributed by atoms with Gasteiger partial charge >= 0.3 is 0 Å². The van der Waals surface area contributed by atoms with Gasteiger partial charge in [0.25, 0.3) is 0 Å². The van der Waals surface area contributed by atoms with Crippen molar-refractivity contribution in [3.8, 4) is 10.6 Å². The molecule has 12 heteroatoms. The number of aromatic nitrogens is 2. The molecule has 0 aliphatic carbocycles. The fraction of sp³-hybridized carbons (Fsp3) is 0.533. The quantitative estimate of drug-likeness (QED) is 0.245. The van der Waals surface area contributed by atoms with Crippen molar-refractivity contribution in [2.75, 3.05) is 84.0 Å². The van der Waals surface area contributed by atoms with Gasteiger partial charge in [-0.2, -0.15) is 0 Å². The van der Waals surface area contributed by atoms with Crippen LogP contribution in [0.4, 0.5) is 10.8 Å². The average molecular weight is 602 g/mol. The van der Waals surface area contributed by atoms with Gasteiger partial charge in [0.1, 0.15) is 21.5 Å². The number of pyridine rings is 1. The molecule has 4 N–H and O–H groups in total. The number of nitrogens with zero attached hydrogens (tertiary/aromatic N) is 5. The van der Waals surface area contributed by atoms with Crippen LogP contribution in [0.5, 0.6) is 0 Å². The molecule has 4 rings (SSSR count). The zero-order valence-electron chi connectivity index (χ0n) is 25.4. The smallest absolute Gasteiger partial charge is 0.171 e. The molecule has 0 spiro atoms. The van der Waals surface area contributed by atoms with E-state index in [2.05, 4.69) is 54.9 Å². The molecule has 1 fully saturated rings. The molecule has 0 saturated carbocycles. The lowest BCUT2D eigenvalue weighted by Crippen LogP contribution is -2.44. The summed E-state index contributed by atoms with van der Waals surface area (Å²) in [5.74, 6) is 0.947. The molecule has 2 aliphatic heterocycles. The van der Waals surface area contributed by atoms with Crippen LogP contribution in [0.2, 0.25) is 0 Å². The molecule has 0 bridgehead atoms. The van der Waals surface area contributed by atoms with Crippen molar-refractivity contribution in [2.45, 2.75) is 32.2 Å². The van der Waals surface area contributed by atoms with Crippen LogP contribution < -0.4 is 16.0 Å². The van der Waals surface area contributed by atoms with Crippen LogP contribution >= 0.6 is 11.3 Å². The summed E-state index contributed by atoms with van der Waals surface area (Å²) in [6.45, 7) is 7.96. The maximum Gasteiger partial charge on any atom is 0.171 e. The number of aliphatic hydroxyl groups is 1. The summed E-state index contributed by atoms with van der Waals surface area (Å²) in [5.41, 5.74) is 6.80. The van der Waals surface area contributed by atoms with Gasteiger partial charge in [0, 0.05) is 58.4 Å². The number of carbonyl (C=O) groups is 1. The van der Waals surface area contributed by atoms with Gasteiger partial charge in [0.05, 0.1) is 31.6 Å². The number of allylic oxidation sites excluding steroid dienone is 2. The maximum atomic E-state index is 11.0. The Hall–Kier alpha value is -3.00. The van der Waals surface area contributed by atoms with Crippen LogP contribution in [0.15, 0.2) is 47.7 Å². The lowest BCUT2D eigenvalue weighted by molar-refractivity contribution is 0.112. The highest BCUT2D eigenvalue weighted by Gasteiger charge is 2.20. The number of carbonyl (C=O) groups excluding carboxylic acids is 1. The molecule has 2 aliphatic rings. The molecule has 2 aromatic rings. The summed E-state index contributed by atoms with van der Waals surface area (Å²) in [7, 11) is 5.00. The Morgan fingerprint density at radius 2 is 2.02 bits per heavy atom. The molecule has 4 heterocycles. The van der Waals surface area contributed by atoms with E-state index in [0.29, 0.717) is 5.69 Å². The number of nitrogens with one attached hydrogen (secondary N) is 1. The normalized spacial score (nSPS) is 18.2. The topological polar surface area (TPSA) is 138 Å². The standard InChI is InChI=1S/C15H26N2O2.C14H16N4O2S.CH5N/c1-3-17(11-8-12-19-2)15(13-18)14-9-6-4-5-7-10-16-14;1-15-14-11(9-19)17-13(21-14)10-2-3-12(16-8-10)18-4-6-20-7-5-18;1-2/h6-7,9-10,15,18H,3-5,8,11-13H2,1-2H3;2-3,8-9,15H,4-7H2,1H3;2H2,1H3/b9-6-,10-7-,16-14+;;. The first-order valence-electron chi connectivity index (χ1n) is 14.4. The second kappa shape index (κ2) is 20.8. The molecular formula is C30H47N7O4S. The van der Waals surface area contributed by atoms with E-state index in [4.69, 9.17) is 9.47 Å². The summed E-state index contributed by atoms with van der Waals surface area (Å²) >= 11 is 1.45. The van der Waals surface area contributed by atoms with Gasteiger partial charge in [-0.3, -0.25) is 14.7 Å². The first-order chi connectivity index (χ1) is 20.6. The lowest BCUT2D eigenvalue weighted by atomic mass is 10.1. The van der Waals surface area contributed by atoms with E-state index in [-0.39, 0.29) is 12.6 Å². The van der Waals surface area contributed by atoms with Crippen molar-refractivity contribution in [3.63, 3.8) is 0 Å². The van der Waals surface area contributed by atoms with Crippen LogP contribution in [0.1, 0.15) is 36.7 Å². The van der Waals surface area contributed by atoms with Crippen LogP contribution in [0.25, 0.3) is 10.6 Å². The minimum atomic E-state index is -0.0270. The number of anilines is 2. The highest BCUT2D eigenvalue weighted by Crippen LogP contribution is 2.31. The number of ether oxygens (including phenoxy) is 2. The number of hydrogen-bond donors (Lipinski definition) is 3. The Bertz CT molecular complexity index is 1120. The third-order valence-corrected chi connectivity index (χ3v) is 7.73. The van der Waals surface area contributed by atoms with Gasteiger partial charge in [-0.05, 0) is 51.1 Å². The highest BCUT2D eigenvalue weighted by atomic mass is 32.1. The molecule has 11 nitrogen and oxygen atoms in total. The SMILES string of the molecule is CCN(CCCOC)C(CO)C1=N/C=C\CC/C=C\1.CN.CNc1sc(-c2ccc(N3CCOCC3)nc2)nc1C=O. The summed E-state index contributed by atoms with van der Waals surface area (Å²) in [6.07, 6.45) is 13.7. The number of methoxy groups -OCH3 is 1. The summed E-state index contributed by atoms with van der Waals surface area (Å²) < 4.78 is 10.4. The first-order valence-corrected chi connectivity index (χ1v) is 15.2. The van der Waals surface area contributed by atoms with Crippen molar-refractivity contribution in [3.05, 3.63) is 48.5 Å². The largest absolute Gasteiger partial charge is 0.394 e. The second-order valence-corrected chi connectivity index (χ2v) is 10.2. The minimum Gasteiger partial charge on any atom is -0.394 e. The number of hydrogen-bond acceptors (Lipinski definition) is 12. The van der Waals surface area contributed by atoms with Gasteiger partial charge < -0.3 is 30.5 Å². The molecule has 0 radical (unpaired) electrons. The predicted molar refractivity (Wildman–Crippen MR) is 173 cm³/mol. The molecule has 0 amide bonds. The molecule has 2 aromatic heterocycles. The van der Waals surface area contributed by atoms with Gasteiger partial charge in [0.2, 0.25) is 0 Å². The molecule has 0 aromatic carbocycles. The molecule has 1 saturated heterocycles. The number of rotatable bonds is 12. The first kappa shape index (κ1) is 35.2. The second-order valence-electron chi connectivity index (χ2n) is 9.20. The fourth-order valence-electron chi connectivity index (χ4n) is 4.40. The fourth-order valence-corrected chi connectivity index (χ4v) is 5.28. The zero-order valence-corrected chi connectivity index (χ0v) is 26.2. The minimum absolute atomic E-state index is 0.0270. The van der Waals surface area contributed by atoms with E-state index >= 15 is 0 Å². The Morgan fingerprint density at radius 1 is 1.26 bits per heavy atom. The average Bonchev–Trinajstić information content (AvgIpc) is 3.47. The summed E-state index contributed by atoms with van der Waals surface area (Å²) in [6, 6.07) is 3.95. The number of aliphatic imine (C=N–C) groups is 1. The number of thiazole rings is 1. The zero-order chi connectivity index (χ0) is 30.6. The molecule has 232 valence electrons. The number of aldehydes is 1. The Kier molecular flexibility index (Phi) is 17.4. The number of morpholine rings is 1. The van der Waals surface area contributed by atoms with Crippen molar-refractivity contribution >= 4 is 34.2 Å². The monoisotopic (exact) mass is 601 g/mol. The third kappa shape index (κ3) is 11.0. The Labute approximate surface area is 254 Å². The van der Waals surface area contributed by atoms with E-state index in [1.165, 1.54) is 18.4 Å². The number of likely N-dealkylation sites (N-methyl/N-ethyl adjacent to an activating group) is 1. The maximum absolute atomic E-state index is 11.0. The van der Waals surface area contributed by atoms with Crippen molar-refractivity contribution < 1.29 is 19.4 Å². The van der Waals surface area contributed by atoms with E-state index in [9.17, 15) is 9.90 Å². The Morgan fingerprint density at radius 3 is 2.62 bits per heavy atom. The predicted octanol–water partition coefficient (Wildman–Crippen LogP) is 3.48. The van der Waals surface area contributed by atoms with Crippen LogP contribution in [0.3, 0.4) is 0 Å². The van der Waals surface area contributed by atoms with E-state index in [0.717, 1.165) is 98.7 Å². The van der Waals surface area contributed by atoms with Gasteiger partial charge in [-0.15, -0.1) is 0 Å². The van der Waals surface area contributed by atoms with E-state index < -0.39 is 0 Å². The van der Waals surface area contributed by atoms with Crippen LogP contribution in [0, 0.1) is 0 Å². The van der Waals surface area contributed by atoms with Gasteiger partial charge in [-0.25, -0.2) is 9.97 Å². The highest BCUT2D eigenvalue weighted by molar-refractivity contribution is 7.19. The van der Waals surface area contributed by atoms with Crippen LogP contribution in [-0.2, 0) is 9.47 Å². The van der Waals surface area contributed by atoms with Crippen LogP contribution in [-0.4, -0.2) is 112 Å². The third-order valence-electron chi connectivity index (χ3n) is 6.59. The lowest BCUT2D eigenvalue weighted by Gasteiger charge is -2.29. The summed E-state index contributed by atoms with van der Waals surface area (Å²) in [4.78, 5) is 28.7. The number of aliphatic hydroxyl groups excluding tert-OH is 1. The van der Waals surface area contributed by atoms with Gasteiger partial charge in [-0.1, -0.05) is 30.4 Å².